The minimum Gasteiger partial charge on any atom is -0.357 e. The van der Waals surface area contributed by atoms with Gasteiger partial charge in [-0.3, -0.25) is 0 Å². The second-order valence-electron chi connectivity index (χ2n) is 4.64. The average Bonchev–Trinajstić information content (AvgIpc) is 2.80. The first kappa shape index (κ1) is 13.9. The van der Waals surface area contributed by atoms with Crippen molar-refractivity contribution in [1.29, 1.82) is 0 Å². The summed E-state index contributed by atoms with van der Waals surface area (Å²) < 4.78 is 17.1. The molecular formula is C14H18FN3S. The molecule has 0 aliphatic carbocycles. The number of anilines is 1. The van der Waals surface area contributed by atoms with Crippen molar-refractivity contribution in [3.63, 3.8) is 0 Å². The predicted molar refractivity (Wildman–Crippen MR) is 77.1 cm³/mol. The summed E-state index contributed by atoms with van der Waals surface area (Å²) >= 11 is 1.40. The number of nitrogens with zero attached hydrogens (tertiary/aromatic N) is 2. The van der Waals surface area contributed by atoms with Crippen LogP contribution in [0.4, 0.5) is 9.52 Å². The van der Waals surface area contributed by atoms with Crippen LogP contribution in [0.25, 0.3) is 0 Å². The molecular weight excluding hydrogens is 261 g/mol. The molecule has 1 heterocycles. The van der Waals surface area contributed by atoms with Crippen molar-refractivity contribution >= 4 is 16.7 Å². The van der Waals surface area contributed by atoms with Crippen LogP contribution in [0.3, 0.4) is 0 Å². The molecule has 102 valence electrons. The van der Waals surface area contributed by atoms with Crippen LogP contribution in [0.15, 0.2) is 24.3 Å². The molecule has 0 bridgehead atoms. The van der Waals surface area contributed by atoms with Gasteiger partial charge in [0.2, 0.25) is 5.13 Å². The number of aryl methyl sites for hydroxylation is 1. The highest BCUT2D eigenvalue weighted by atomic mass is 32.1. The second kappa shape index (κ2) is 6.61. The van der Waals surface area contributed by atoms with Gasteiger partial charge in [-0.15, -0.1) is 0 Å². The molecule has 19 heavy (non-hydrogen) atoms. The lowest BCUT2D eigenvalue weighted by Crippen LogP contribution is -2.17. The molecule has 1 atom stereocenters. The van der Waals surface area contributed by atoms with Gasteiger partial charge in [0, 0.05) is 24.0 Å². The van der Waals surface area contributed by atoms with Crippen molar-refractivity contribution in [1.82, 2.24) is 9.36 Å². The molecule has 0 saturated heterocycles. The SMILES string of the molecule is CCCc1nsc(NC(C)Cc2ccc(F)cc2)n1. The molecule has 1 aromatic heterocycles. The lowest BCUT2D eigenvalue weighted by Gasteiger charge is -2.12. The van der Waals surface area contributed by atoms with Gasteiger partial charge in [-0.2, -0.15) is 4.37 Å². The topological polar surface area (TPSA) is 37.8 Å². The van der Waals surface area contributed by atoms with Crippen LogP contribution in [-0.2, 0) is 12.8 Å². The Bertz CT molecular complexity index is 510. The standard InChI is InChI=1S/C14H18FN3S/c1-3-4-13-17-14(19-18-13)16-10(2)9-11-5-7-12(15)8-6-11/h5-8,10H,3-4,9H2,1-2H3,(H,16,17,18). The maximum absolute atomic E-state index is 12.8. The quantitative estimate of drug-likeness (QED) is 0.876. The molecule has 3 nitrogen and oxygen atoms in total. The van der Waals surface area contributed by atoms with Crippen LogP contribution < -0.4 is 5.32 Å². The van der Waals surface area contributed by atoms with E-state index >= 15 is 0 Å². The van der Waals surface area contributed by atoms with Gasteiger partial charge in [0.15, 0.2) is 0 Å². The van der Waals surface area contributed by atoms with E-state index in [0.717, 1.165) is 35.8 Å². The van der Waals surface area contributed by atoms with Gasteiger partial charge in [-0.05, 0) is 37.5 Å². The zero-order valence-electron chi connectivity index (χ0n) is 11.2. The van der Waals surface area contributed by atoms with Crippen molar-refractivity contribution in [3.8, 4) is 0 Å². The summed E-state index contributed by atoms with van der Waals surface area (Å²) in [5.74, 6) is 0.710. The predicted octanol–water partition coefficient (Wildman–Crippen LogP) is 3.67. The lowest BCUT2D eigenvalue weighted by atomic mass is 10.1. The van der Waals surface area contributed by atoms with Gasteiger partial charge in [0.1, 0.15) is 11.6 Å². The van der Waals surface area contributed by atoms with Crippen LogP contribution in [0, 0.1) is 5.82 Å². The summed E-state index contributed by atoms with van der Waals surface area (Å²) in [5.41, 5.74) is 1.11. The number of nitrogens with one attached hydrogen (secondary N) is 1. The fourth-order valence-electron chi connectivity index (χ4n) is 1.87. The fourth-order valence-corrected chi connectivity index (χ4v) is 2.60. The van der Waals surface area contributed by atoms with E-state index in [-0.39, 0.29) is 11.9 Å². The molecule has 0 spiro atoms. The van der Waals surface area contributed by atoms with E-state index in [1.807, 2.05) is 12.1 Å². The normalized spacial score (nSPS) is 12.4. The van der Waals surface area contributed by atoms with Crippen molar-refractivity contribution in [3.05, 3.63) is 41.5 Å². The number of hydrogen-bond donors (Lipinski definition) is 1. The molecule has 2 rings (SSSR count). The smallest absolute Gasteiger partial charge is 0.202 e. The highest BCUT2D eigenvalue weighted by molar-refractivity contribution is 7.09. The highest BCUT2D eigenvalue weighted by Crippen LogP contribution is 2.15. The van der Waals surface area contributed by atoms with Crippen LogP contribution in [0.1, 0.15) is 31.7 Å². The Morgan fingerprint density at radius 1 is 1.32 bits per heavy atom. The molecule has 0 radical (unpaired) electrons. The number of halogens is 1. The van der Waals surface area contributed by atoms with E-state index in [1.54, 1.807) is 0 Å². The first-order valence-electron chi connectivity index (χ1n) is 6.51. The van der Waals surface area contributed by atoms with E-state index in [2.05, 4.69) is 28.5 Å². The minimum atomic E-state index is -0.197. The summed E-state index contributed by atoms with van der Waals surface area (Å²) in [7, 11) is 0. The molecule has 0 aliphatic rings. The minimum absolute atomic E-state index is 0.197. The fraction of sp³-hybridized carbons (Fsp3) is 0.429. The molecule has 2 aromatic rings. The third-order valence-corrected chi connectivity index (χ3v) is 3.45. The van der Waals surface area contributed by atoms with Gasteiger partial charge in [-0.25, -0.2) is 9.37 Å². The zero-order valence-corrected chi connectivity index (χ0v) is 12.0. The Morgan fingerprint density at radius 3 is 2.74 bits per heavy atom. The molecule has 0 fully saturated rings. The second-order valence-corrected chi connectivity index (χ2v) is 5.39. The first-order valence-corrected chi connectivity index (χ1v) is 7.28. The van der Waals surface area contributed by atoms with Crippen LogP contribution in [0.5, 0.6) is 0 Å². The summed E-state index contributed by atoms with van der Waals surface area (Å²) in [5, 5.41) is 4.19. The monoisotopic (exact) mass is 279 g/mol. The van der Waals surface area contributed by atoms with E-state index in [0.29, 0.717) is 0 Å². The first-order chi connectivity index (χ1) is 9.17. The van der Waals surface area contributed by atoms with Gasteiger partial charge in [0.25, 0.3) is 0 Å². The van der Waals surface area contributed by atoms with Crippen molar-refractivity contribution < 1.29 is 4.39 Å². The van der Waals surface area contributed by atoms with Crippen LogP contribution >= 0.6 is 11.5 Å². The Morgan fingerprint density at radius 2 is 2.05 bits per heavy atom. The molecule has 0 amide bonds. The third-order valence-electron chi connectivity index (χ3n) is 2.77. The van der Waals surface area contributed by atoms with Crippen LogP contribution in [-0.4, -0.2) is 15.4 Å². The van der Waals surface area contributed by atoms with Crippen LogP contribution in [0.2, 0.25) is 0 Å². The van der Waals surface area contributed by atoms with E-state index in [4.69, 9.17) is 0 Å². The summed E-state index contributed by atoms with van der Waals surface area (Å²) in [6, 6.07) is 6.86. The largest absolute Gasteiger partial charge is 0.357 e. The van der Waals surface area contributed by atoms with Gasteiger partial charge in [0.05, 0.1) is 0 Å². The van der Waals surface area contributed by atoms with Gasteiger partial charge in [-0.1, -0.05) is 19.1 Å². The number of aromatic nitrogens is 2. The molecule has 0 saturated carbocycles. The van der Waals surface area contributed by atoms with Crippen molar-refractivity contribution in [2.45, 2.75) is 39.2 Å². The number of benzene rings is 1. The summed E-state index contributed by atoms with van der Waals surface area (Å²) in [6.07, 6.45) is 2.81. The van der Waals surface area contributed by atoms with Gasteiger partial charge >= 0.3 is 0 Å². The lowest BCUT2D eigenvalue weighted by molar-refractivity contribution is 0.626. The Labute approximate surface area is 117 Å². The summed E-state index contributed by atoms with van der Waals surface area (Å²) in [6.45, 7) is 4.20. The van der Waals surface area contributed by atoms with Crippen molar-refractivity contribution in [2.24, 2.45) is 0 Å². The summed E-state index contributed by atoms with van der Waals surface area (Å²) in [4.78, 5) is 4.43. The number of hydrogen-bond acceptors (Lipinski definition) is 4. The zero-order chi connectivity index (χ0) is 13.7. The molecule has 1 N–H and O–H groups in total. The van der Waals surface area contributed by atoms with Crippen molar-refractivity contribution in [2.75, 3.05) is 5.32 Å². The van der Waals surface area contributed by atoms with Gasteiger partial charge < -0.3 is 5.32 Å². The average molecular weight is 279 g/mol. The van der Waals surface area contributed by atoms with E-state index in [9.17, 15) is 4.39 Å². The Balaban J connectivity index is 1.89. The molecule has 1 aromatic carbocycles. The molecule has 5 heteroatoms. The maximum Gasteiger partial charge on any atom is 0.202 e. The molecule has 1 unspecified atom stereocenters. The molecule has 0 aliphatic heterocycles. The third kappa shape index (κ3) is 4.28. The maximum atomic E-state index is 12.8. The van der Waals surface area contributed by atoms with E-state index < -0.39 is 0 Å². The van der Waals surface area contributed by atoms with E-state index in [1.165, 1.54) is 23.7 Å². The Kier molecular flexibility index (Phi) is 4.85. The Hall–Kier alpha value is -1.49. The highest BCUT2D eigenvalue weighted by Gasteiger charge is 2.08. The number of rotatable bonds is 6.